The second-order valence-corrected chi connectivity index (χ2v) is 15.2. The summed E-state index contributed by atoms with van der Waals surface area (Å²) in [4.78, 5) is 99.0. The number of carbonyl (C=O) groups is 7. The Morgan fingerprint density at radius 2 is 1.47 bits per heavy atom. The first-order valence-corrected chi connectivity index (χ1v) is 19.3. The minimum atomic E-state index is -1.70. The van der Waals surface area contributed by atoms with Gasteiger partial charge in [-0.3, -0.25) is 33.6 Å². The molecule has 0 radical (unpaired) electrons. The molecule has 1 aromatic heterocycles. The minimum Gasteiger partial charge on any atom is -0.508 e. The molecule has 2 aliphatic heterocycles. The van der Waals surface area contributed by atoms with Crippen molar-refractivity contribution in [3.8, 4) is 5.75 Å². The average molecular weight is 801 g/mol. The lowest BCUT2D eigenvalue weighted by Gasteiger charge is -2.27. The normalized spacial score (nSPS) is 22.4. The van der Waals surface area contributed by atoms with Gasteiger partial charge in [0.1, 0.15) is 36.0 Å². The number of amides is 7. The van der Waals surface area contributed by atoms with Crippen molar-refractivity contribution in [1.82, 2.24) is 41.8 Å². The molecule has 0 bridgehead atoms. The molecule has 17 nitrogen and oxygen atoms in total. The molecule has 5 atom stereocenters. The SMILES string of the molecule is CC(C)=CCc1cc(C(O)C2NC(=O)CNC(=O)C(Cc3c[nH]c4ccccc34)NC(=O)C3CCCN3C(=O)CNC(=O)C(C(C)C)NC(=O)CNC2=O)ccc1O. The third-order valence-electron chi connectivity index (χ3n) is 10.2. The lowest BCUT2D eigenvalue weighted by molar-refractivity contribution is -0.140. The first-order valence-electron chi connectivity index (χ1n) is 19.3. The summed E-state index contributed by atoms with van der Waals surface area (Å²) >= 11 is 0. The van der Waals surface area contributed by atoms with Crippen molar-refractivity contribution in [2.24, 2.45) is 5.92 Å². The number of H-pyrrole nitrogens is 1. The topological polar surface area (TPSA) is 251 Å². The van der Waals surface area contributed by atoms with E-state index in [9.17, 15) is 43.8 Å². The van der Waals surface area contributed by atoms with Gasteiger partial charge in [0.2, 0.25) is 41.4 Å². The van der Waals surface area contributed by atoms with Crippen molar-refractivity contribution in [1.29, 1.82) is 0 Å². The Bertz CT molecular complexity index is 2070. The number of nitrogens with zero attached hydrogens (tertiary/aromatic N) is 1. The molecule has 0 spiro atoms. The van der Waals surface area contributed by atoms with Gasteiger partial charge in [0, 0.05) is 30.1 Å². The smallest absolute Gasteiger partial charge is 0.246 e. The summed E-state index contributed by atoms with van der Waals surface area (Å²) in [6, 6.07) is 6.67. The Balaban J connectivity index is 1.45. The van der Waals surface area contributed by atoms with E-state index in [1.807, 2.05) is 44.2 Å². The number of fused-ring (bicyclic) bond motifs is 2. The fraction of sp³-hybridized carbons (Fsp3) is 0.439. The largest absolute Gasteiger partial charge is 0.508 e. The van der Waals surface area contributed by atoms with Crippen LogP contribution < -0.4 is 31.9 Å². The molecule has 5 rings (SSSR count). The summed E-state index contributed by atoms with van der Waals surface area (Å²) in [5, 5.41) is 38.1. The quantitative estimate of drug-likeness (QED) is 0.147. The Morgan fingerprint density at radius 3 is 2.17 bits per heavy atom. The summed E-state index contributed by atoms with van der Waals surface area (Å²) in [5.41, 5.74) is 3.11. The minimum absolute atomic E-state index is 0.0111. The molecular formula is C41H52N8O9. The summed E-state index contributed by atoms with van der Waals surface area (Å²) in [5.74, 6) is -5.63. The van der Waals surface area contributed by atoms with Gasteiger partial charge in [0.05, 0.1) is 19.6 Å². The van der Waals surface area contributed by atoms with Gasteiger partial charge in [-0.1, -0.05) is 49.8 Å². The predicted molar refractivity (Wildman–Crippen MR) is 213 cm³/mol. The van der Waals surface area contributed by atoms with Crippen LogP contribution in [0, 0.1) is 5.92 Å². The highest BCUT2D eigenvalue weighted by Gasteiger charge is 2.37. The van der Waals surface area contributed by atoms with E-state index in [1.165, 1.54) is 23.1 Å². The van der Waals surface area contributed by atoms with Gasteiger partial charge >= 0.3 is 0 Å². The number of phenolic OH excluding ortho intramolecular Hbond substituents is 1. The zero-order valence-corrected chi connectivity index (χ0v) is 33.0. The highest BCUT2D eigenvalue weighted by molar-refractivity contribution is 5.97. The van der Waals surface area contributed by atoms with Gasteiger partial charge in [-0.25, -0.2) is 0 Å². The molecule has 310 valence electrons. The van der Waals surface area contributed by atoms with E-state index in [1.54, 1.807) is 20.0 Å². The molecule has 2 saturated heterocycles. The molecule has 3 heterocycles. The summed E-state index contributed by atoms with van der Waals surface area (Å²) < 4.78 is 0. The molecule has 0 saturated carbocycles. The number of allylic oxidation sites excluding steroid dienone is 2. The highest BCUT2D eigenvalue weighted by atomic mass is 16.3. The average Bonchev–Trinajstić information content (AvgIpc) is 3.86. The third kappa shape index (κ3) is 10.8. The van der Waals surface area contributed by atoms with Gasteiger partial charge in [0.15, 0.2) is 0 Å². The Hall–Kier alpha value is -6.23. The molecule has 58 heavy (non-hydrogen) atoms. The van der Waals surface area contributed by atoms with E-state index in [4.69, 9.17) is 0 Å². The first kappa shape index (κ1) is 42.9. The van der Waals surface area contributed by atoms with Crippen molar-refractivity contribution in [2.45, 2.75) is 83.6 Å². The van der Waals surface area contributed by atoms with Crippen LogP contribution in [0.1, 0.15) is 63.3 Å². The summed E-state index contributed by atoms with van der Waals surface area (Å²) in [7, 11) is 0. The Labute approximate surface area is 335 Å². The van der Waals surface area contributed by atoms with E-state index in [0.29, 0.717) is 30.4 Å². The van der Waals surface area contributed by atoms with E-state index in [2.05, 4.69) is 36.9 Å². The van der Waals surface area contributed by atoms with Crippen LogP contribution in [0.5, 0.6) is 5.75 Å². The van der Waals surface area contributed by atoms with Crippen molar-refractivity contribution >= 4 is 52.3 Å². The number of aromatic hydroxyl groups is 1. The van der Waals surface area contributed by atoms with Crippen LogP contribution in [-0.4, -0.2) is 112 Å². The van der Waals surface area contributed by atoms with Crippen LogP contribution in [0.4, 0.5) is 0 Å². The number of benzene rings is 2. The number of aliphatic hydroxyl groups excluding tert-OH is 1. The molecule has 5 unspecified atom stereocenters. The second-order valence-electron chi connectivity index (χ2n) is 15.2. The van der Waals surface area contributed by atoms with Gasteiger partial charge in [0.25, 0.3) is 0 Å². The van der Waals surface area contributed by atoms with Crippen LogP contribution in [0.15, 0.2) is 60.3 Å². The highest BCUT2D eigenvalue weighted by Crippen LogP contribution is 2.26. The number of para-hydroxylation sites is 1. The van der Waals surface area contributed by atoms with E-state index >= 15 is 0 Å². The molecule has 17 heteroatoms. The number of hydrogen-bond acceptors (Lipinski definition) is 9. The van der Waals surface area contributed by atoms with Crippen LogP contribution in [0.3, 0.4) is 0 Å². The predicted octanol–water partition coefficient (Wildman–Crippen LogP) is 0.122. The number of rotatable bonds is 7. The Morgan fingerprint density at radius 1 is 0.810 bits per heavy atom. The molecule has 2 fully saturated rings. The Kier molecular flexibility index (Phi) is 14.3. The first-order chi connectivity index (χ1) is 27.6. The summed E-state index contributed by atoms with van der Waals surface area (Å²) in [6.45, 7) is 5.59. The molecule has 7 amide bonds. The lowest BCUT2D eigenvalue weighted by atomic mass is 9.97. The van der Waals surface area contributed by atoms with Gasteiger partial charge in [-0.15, -0.1) is 0 Å². The van der Waals surface area contributed by atoms with E-state index in [-0.39, 0.29) is 24.3 Å². The standard InChI is InChI=1S/C41H52N8O9/c1-22(2)11-12-24-16-25(13-14-31(24)50)37(54)36-41(58)44-20-32(51)47-35(23(3)4)40(57)45-21-34(53)49-15-7-10-30(49)39(56)46-29(38(55)43-19-33(52)48-36)17-26-18-42-28-9-6-5-8-27(26)28/h5-6,8-9,11,13-14,16,18,23,29-30,35-37,42,50,54H,7,10,12,15,17,19-21H2,1-4H3,(H,43,55)(H,44,58)(H,45,57)(H,46,56)(H,47,51)(H,48,52). The van der Waals surface area contributed by atoms with Gasteiger partial charge in [-0.05, 0) is 73.9 Å². The van der Waals surface area contributed by atoms with Crippen LogP contribution in [-0.2, 0) is 46.4 Å². The summed E-state index contributed by atoms with van der Waals surface area (Å²) in [6.07, 6.45) is 3.03. The van der Waals surface area contributed by atoms with E-state index < -0.39 is 97.2 Å². The molecule has 9 N–H and O–H groups in total. The number of hydrogen-bond donors (Lipinski definition) is 9. The lowest BCUT2D eigenvalue weighted by Crippen LogP contribution is -2.56. The van der Waals surface area contributed by atoms with Crippen molar-refractivity contribution in [3.05, 3.63) is 77.0 Å². The molecule has 3 aromatic rings. The van der Waals surface area contributed by atoms with Gasteiger partial charge in [-0.2, -0.15) is 0 Å². The van der Waals surface area contributed by atoms with Crippen molar-refractivity contribution in [2.75, 3.05) is 26.2 Å². The van der Waals surface area contributed by atoms with E-state index in [0.717, 1.165) is 16.5 Å². The fourth-order valence-corrected chi connectivity index (χ4v) is 7.01. The van der Waals surface area contributed by atoms with Crippen LogP contribution in [0.2, 0.25) is 0 Å². The number of phenols is 1. The van der Waals surface area contributed by atoms with Crippen LogP contribution >= 0.6 is 0 Å². The fourth-order valence-electron chi connectivity index (χ4n) is 7.01. The molecule has 2 aliphatic rings. The number of aromatic nitrogens is 1. The molecule has 0 aliphatic carbocycles. The molecular weight excluding hydrogens is 748 g/mol. The maximum absolute atomic E-state index is 13.8. The number of aliphatic hydroxyl groups is 1. The molecule has 2 aromatic carbocycles. The van der Waals surface area contributed by atoms with Crippen LogP contribution in [0.25, 0.3) is 10.9 Å². The zero-order chi connectivity index (χ0) is 42.1. The van der Waals surface area contributed by atoms with Gasteiger partial charge < -0.3 is 52.0 Å². The maximum Gasteiger partial charge on any atom is 0.246 e. The monoisotopic (exact) mass is 800 g/mol. The zero-order valence-electron chi connectivity index (χ0n) is 33.0. The number of aromatic amines is 1. The second kappa shape index (κ2) is 19.3. The van der Waals surface area contributed by atoms with Crippen molar-refractivity contribution < 1.29 is 43.8 Å². The maximum atomic E-state index is 13.8. The van der Waals surface area contributed by atoms with Crippen molar-refractivity contribution in [3.63, 3.8) is 0 Å². The number of nitrogens with one attached hydrogen (secondary N) is 7. The number of carbonyl (C=O) groups excluding carboxylic acids is 7. The third-order valence-corrected chi connectivity index (χ3v) is 10.2.